The zero-order chi connectivity index (χ0) is 18.5. The molecule has 2 fully saturated rings. The van der Waals surface area contributed by atoms with E-state index in [2.05, 4.69) is 5.32 Å². The van der Waals surface area contributed by atoms with Crippen LogP contribution in [0.25, 0.3) is 0 Å². The van der Waals surface area contributed by atoms with Crippen LogP contribution in [0.3, 0.4) is 0 Å². The summed E-state index contributed by atoms with van der Waals surface area (Å²) in [6, 6.07) is 7.00. The molecule has 0 unspecified atom stereocenters. The van der Waals surface area contributed by atoms with Crippen molar-refractivity contribution in [3.05, 3.63) is 29.8 Å². The molecule has 0 spiro atoms. The van der Waals surface area contributed by atoms with Gasteiger partial charge in [0.05, 0.1) is 0 Å². The SMILES string of the molecule is CC(=O)Nc1cccc(C(=O)N2CCCN(C(=O)C3CCCC3)CC2)c1. The maximum atomic E-state index is 12.8. The number of carbonyl (C=O) groups excluding carboxylic acids is 3. The van der Waals surface area contributed by atoms with Gasteiger partial charge in [-0.3, -0.25) is 14.4 Å². The Morgan fingerprint density at radius 1 is 0.962 bits per heavy atom. The smallest absolute Gasteiger partial charge is 0.253 e. The highest BCUT2D eigenvalue weighted by Crippen LogP contribution is 2.27. The van der Waals surface area contributed by atoms with Gasteiger partial charge in [-0.15, -0.1) is 0 Å². The summed E-state index contributed by atoms with van der Waals surface area (Å²) in [4.78, 5) is 40.4. The van der Waals surface area contributed by atoms with E-state index in [4.69, 9.17) is 0 Å². The van der Waals surface area contributed by atoms with Crippen LogP contribution in [0, 0.1) is 5.92 Å². The van der Waals surface area contributed by atoms with Crippen molar-refractivity contribution in [3.8, 4) is 0 Å². The molecule has 0 aromatic heterocycles. The maximum Gasteiger partial charge on any atom is 0.253 e. The van der Waals surface area contributed by atoms with Crippen LogP contribution in [-0.2, 0) is 9.59 Å². The van der Waals surface area contributed by atoms with E-state index in [0.717, 1.165) is 38.6 Å². The molecule has 1 saturated carbocycles. The predicted octanol–water partition coefficient (Wildman–Crippen LogP) is 2.51. The lowest BCUT2D eigenvalue weighted by atomic mass is 10.1. The van der Waals surface area contributed by atoms with Crippen molar-refractivity contribution in [2.24, 2.45) is 5.92 Å². The van der Waals surface area contributed by atoms with Crippen molar-refractivity contribution in [3.63, 3.8) is 0 Å². The fourth-order valence-electron chi connectivity index (χ4n) is 3.89. The van der Waals surface area contributed by atoms with Crippen LogP contribution >= 0.6 is 0 Å². The summed E-state index contributed by atoms with van der Waals surface area (Å²) < 4.78 is 0. The number of benzene rings is 1. The predicted molar refractivity (Wildman–Crippen MR) is 99.8 cm³/mol. The molecule has 1 heterocycles. The van der Waals surface area contributed by atoms with Crippen molar-refractivity contribution in [1.82, 2.24) is 9.80 Å². The molecule has 1 aromatic rings. The van der Waals surface area contributed by atoms with Crippen molar-refractivity contribution < 1.29 is 14.4 Å². The Bertz CT molecular complexity index is 683. The molecular formula is C20H27N3O3. The van der Waals surface area contributed by atoms with Crippen LogP contribution in [0.4, 0.5) is 5.69 Å². The van der Waals surface area contributed by atoms with E-state index in [0.29, 0.717) is 30.9 Å². The Kier molecular flexibility index (Phi) is 5.91. The first-order valence-corrected chi connectivity index (χ1v) is 9.50. The largest absolute Gasteiger partial charge is 0.341 e. The third-order valence-electron chi connectivity index (χ3n) is 5.23. The Balaban J connectivity index is 1.62. The lowest BCUT2D eigenvalue weighted by molar-refractivity contribution is -0.135. The molecule has 26 heavy (non-hydrogen) atoms. The first kappa shape index (κ1) is 18.4. The number of carbonyl (C=O) groups is 3. The first-order valence-electron chi connectivity index (χ1n) is 9.50. The van der Waals surface area contributed by atoms with Crippen molar-refractivity contribution in [2.75, 3.05) is 31.5 Å². The highest BCUT2D eigenvalue weighted by Gasteiger charge is 2.29. The molecule has 1 aromatic carbocycles. The van der Waals surface area contributed by atoms with Gasteiger partial charge in [-0.2, -0.15) is 0 Å². The lowest BCUT2D eigenvalue weighted by Crippen LogP contribution is -2.39. The zero-order valence-corrected chi connectivity index (χ0v) is 15.4. The Labute approximate surface area is 154 Å². The average molecular weight is 357 g/mol. The Hall–Kier alpha value is -2.37. The minimum atomic E-state index is -0.162. The van der Waals surface area contributed by atoms with E-state index in [-0.39, 0.29) is 23.6 Å². The quantitative estimate of drug-likeness (QED) is 0.904. The molecule has 3 amide bonds. The normalized spacial score (nSPS) is 18.5. The lowest BCUT2D eigenvalue weighted by Gasteiger charge is -2.24. The van der Waals surface area contributed by atoms with Crippen LogP contribution in [-0.4, -0.2) is 53.7 Å². The van der Waals surface area contributed by atoms with Gasteiger partial charge < -0.3 is 15.1 Å². The minimum Gasteiger partial charge on any atom is -0.341 e. The fraction of sp³-hybridized carbons (Fsp3) is 0.550. The van der Waals surface area contributed by atoms with Gasteiger partial charge >= 0.3 is 0 Å². The van der Waals surface area contributed by atoms with E-state index >= 15 is 0 Å². The third-order valence-corrected chi connectivity index (χ3v) is 5.23. The van der Waals surface area contributed by atoms with Gasteiger partial charge in [-0.1, -0.05) is 18.9 Å². The molecule has 0 atom stereocenters. The third kappa shape index (κ3) is 4.42. The number of amides is 3. The van der Waals surface area contributed by atoms with E-state index < -0.39 is 0 Å². The second-order valence-corrected chi connectivity index (χ2v) is 7.21. The molecule has 3 rings (SSSR count). The summed E-state index contributed by atoms with van der Waals surface area (Å²) in [5, 5.41) is 2.71. The highest BCUT2D eigenvalue weighted by molar-refractivity contribution is 5.96. The molecule has 1 aliphatic carbocycles. The van der Waals surface area contributed by atoms with Crippen LogP contribution in [0.2, 0.25) is 0 Å². The van der Waals surface area contributed by atoms with Crippen LogP contribution in [0.1, 0.15) is 49.4 Å². The maximum absolute atomic E-state index is 12.8. The topological polar surface area (TPSA) is 69.7 Å². The molecule has 1 saturated heterocycles. The summed E-state index contributed by atoms with van der Waals surface area (Å²) >= 11 is 0. The zero-order valence-electron chi connectivity index (χ0n) is 15.4. The molecule has 1 N–H and O–H groups in total. The summed E-state index contributed by atoms with van der Waals surface area (Å²) in [6.45, 7) is 3.98. The Morgan fingerprint density at radius 2 is 1.65 bits per heavy atom. The molecule has 6 heteroatoms. The van der Waals surface area contributed by atoms with E-state index in [1.807, 2.05) is 9.80 Å². The fourth-order valence-corrected chi connectivity index (χ4v) is 3.89. The molecular weight excluding hydrogens is 330 g/mol. The molecule has 0 radical (unpaired) electrons. The number of hydrogen-bond acceptors (Lipinski definition) is 3. The van der Waals surface area contributed by atoms with Crippen LogP contribution in [0.5, 0.6) is 0 Å². The number of nitrogens with one attached hydrogen (secondary N) is 1. The second-order valence-electron chi connectivity index (χ2n) is 7.21. The summed E-state index contributed by atoms with van der Waals surface area (Å²) in [5.41, 5.74) is 1.18. The summed E-state index contributed by atoms with van der Waals surface area (Å²) in [5.74, 6) is 0.244. The number of hydrogen-bond donors (Lipinski definition) is 1. The van der Waals surface area contributed by atoms with Gasteiger partial charge in [0.25, 0.3) is 5.91 Å². The van der Waals surface area contributed by atoms with Gasteiger partial charge in [0, 0.05) is 50.3 Å². The van der Waals surface area contributed by atoms with Crippen molar-refractivity contribution >= 4 is 23.4 Å². The number of anilines is 1. The average Bonchev–Trinajstić information content (AvgIpc) is 3.05. The molecule has 140 valence electrons. The van der Waals surface area contributed by atoms with E-state index in [9.17, 15) is 14.4 Å². The van der Waals surface area contributed by atoms with Crippen LogP contribution < -0.4 is 5.32 Å². The second kappa shape index (κ2) is 8.34. The van der Waals surface area contributed by atoms with Gasteiger partial charge in [-0.25, -0.2) is 0 Å². The van der Waals surface area contributed by atoms with Gasteiger partial charge in [0.15, 0.2) is 0 Å². The first-order chi connectivity index (χ1) is 12.5. The molecule has 0 bridgehead atoms. The number of rotatable bonds is 3. The van der Waals surface area contributed by atoms with Gasteiger partial charge in [-0.05, 0) is 37.5 Å². The molecule has 2 aliphatic rings. The standard InChI is InChI=1S/C20H27N3O3/c1-15(24)21-18-9-4-8-17(14-18)20(26)23-11-5-10-22(12-13-23)19(25)16-6-2-3-7-16/h4,8-9,14,16H,2-3,5-7,10-13H2,1H3,(H,21,24). The van der Waals surface area contributed by atoms with Crippen molar-refractivity contribution in [2.45, 2.75) is 39.0 Å². The number of nitrogens with zero attached hydrogens (tertiary/aromatic N) is 2. The van der Waals surface area contributed by atoms with Gasteiger partial charge in [0.1, 0.15) is 0 Å². The van der Waals surface area contributed by atoms with Gasteiger partial charge in [0.2, 0.25) is 11.8 Å². The summed E-state index contributed by atoms with van der Waals surface area (Å²) in [7, 11) is 0. The van der Waals surface area contributed by atoms with E-state index in [1.165, 1.54) is 6.92 Å². The molecule has 6 nitrogen and oxygen atoms in total. The van der Waals surface area contributed by atoms with E-state index in [1.54, 1.807) is 24.3 Å². The highest BCUT2D eigenvalue weighted by atomic mass is 16.2. The monoisotopic (exact) mass is 357 g/mol. The summed E-state index contributed by atoms with van der Waals surface area (Å²) in [6.07, 6.45) is 5.12. The van der Waals surface area contributed by atoms with Crippen LogP contribution in [0.15, 0.2) is 24.3 Å². The molecule has 1 aliphatic heterocycles. The van der Waals surface area contributed by atoms with Crippen molar-refractivity contribution in [1.29, 1.82) is 0 Å². The Morgan fingerprint density at radius 3 is 2.38 bits per heavy atom. The minimum absolute atomic E-state index is 0.0487.